The molecule has 1 aromatic heterocycles. The van der Waals surface area contributed by atoms with Crippen molar-refractivity contribution in [2.24, 2.45) is 11.7 Å². The van der Waals surface area contributed by atoms with E-state index in [1.54, 1.807) is 13.0 Å². The Labute approximate surface area is 89.0 Å². The van der Waals surface area contributed by atoms with Gasteiger partial charge in [-0.25, -0.2) is 0 Å². The zero-order valence-corrected chi connectivity index (χ0v) is 9.28. The van der Waals surface area contributed by atoms with Crippen molar-refractivity contribution in [3.63, 3.8) is 0 Å². The first kappa shape index (κ1) is 11.7. The number of aryl methyl sites for hydroxylation is 1. The minimum Gasteiger partial charge on any atom is -0.351 e. The van der Waals surface area contributed by atoms with E-state index < -0.39 is 0 Å². The molecule has 0 saturated heterocycles. The lowest BCUT2D eigenvalue weighted by molar-refractivity contribution is 0.0912. The summed E-state index contributed by atoms with van der Waals surface area (Å²) in [5.41, 5.74) is 6.48. The third kappa shape index (κ3) is 3.36. The highest BCUT2D eigenvalue weighted by atomic mass is 16.5. The van der Waals surface area contributed by atoms with Gasteiger partial charge < -0.3 is 15.6 Å². The molecule has 1 atom stereocenters. The summed E-state index contributed by atoms with van der Waals surface area (Å²) in [7, 11) is 0. The van der Waals surface area contributed by atoms with E-state index >= 15 is 0 Å². The predicted octanol–water partition coefficient (Wildman–Crippen LogP) is 0.696. The highest BCUT2D eigenvalue weighted by Crippen LogP contribution is 2.02. The first-order chi connectivity index (χ1) is 7.00. The third-order valence-corrected chi connectivity index (χ3v) is 2.21. The van der Waals surface area contributed by atoms with Crippen molar-refractivity contribution in [3.05, 3.63) is 17.5 Å². The zero-order valence-electron chi connectivity index (χ0n) is 9.28. The number of hydrogen-bond acceptors (Lipinski definition) is 4. The second kappa shape index (κ2) is 4.93. The van der Waals surface area contributed by atoms with Crippen LogP contribution >= 0.6 is 0 Å². The van der Waals surface area contributed by atoms with Gasteiger partial charge in [-0.05, 0) is 12.8 Å². The standard InChI is InChI=1S/C10H17N3O2/c1-6(2)8(11)5-12-10(14)9-4-7(3)13-15-9/h4,6,8H,5,11H2,1-3H3,(H,12,14). The lowest BCUT2D eigenvalue weighted by Crippen LogP contribution is -2.40. The van der Waals surface area contributed by atoms with Crippen molar-refractivity contribution in [2.75, 3.05) is 6.54 Å². The molecule has 0 aliphatic rings. The van der Waals surface area contributed by atoms with Crippen LogP contribution in [0.5, 0.6) is 0 Å². The summed E-state index contributed by atoms with van der Waals surface area (Å²) in [4.78, 5) is 11.5. The molecule has 84 valence electrons. The Morgan fingerprint density at radius 2 is 2.33 bits per heavy atom. The molecular formula is C10H17N3O2. The number of carbonyl (C=O) groups excluding carboxylic acids is 1. The van der Waals surface area contributed by atoms with E-state index in [9.17, 15) is 4.79 Å². The molecule has 0 aliphatic heterocycles. The van der Waals surface area contributed by atoms with Crippen LogP contribution < -0.4 is 11.1 Å². The van der Waals surface area contributed by atoms with Gasteiger partial charge in [0.1, 0.15) is 0 Å². The van der Waals surface area contributed by atoms with Gasteiger partial charge in [0.25, 0.3) is 5.91 Å². The van der Waals surface area contributed by atoms with Crippen LogP contribution in [-0.2, 0) is 0 Å². The molecule has 1 rings (SSSR count). The second-order valence-electron chi connectivity index (χ2n) is 3.95. The largest absolute Gasteiger partial charge is 0.351 e. The second-order valence-corrected chi connectivity index (χ2v) is 3.95. The van der Waals surface area contributed by atoms with Crippen LogP contribution in [0.25, 0.3) is 0 Å². The molecule has 15 heavy (non-hydrogen) atoms. The van der Waals surface area contributed by atoms with E-state index in [2.05, 4.69) is 10.5 Å². The number of rotatable bonds is 4. The summed E-state index contributed by atoms with van der Waals surface area (Å²) >= 11 is 0. The van der Waals surface area contributed by atoms with Crippen molar-refractivity contribution < 1.29 is 9.32 Å². The lowest BCUT2D eigenvalue weighted by Gasteiger charge is -2.15. The summed E-state index contributed by atoms with van der Waals surface area (Å²) in [5, 5.41) is 6.33. The average Bonchev–Trinajstić information content (AvgIpc) is 2.60. The number of carbonyl (C=O) groups is 1. The highest BCUT2D eigenvalue weighted by molar-refractivity contribution is 5.91. The van der Waals surface area contributed by atoms with Gasteiger partial charge in [-0.15, -0.1) is 0 Å². The Kier molecular flexibility index (Phi) is 3.85. The molecule has 1 amide bonds. The van der Waals surface area contributed by atoms with E-state index in [1.165, 1.54) is 0 Å². The minimum absolute atomic E-state index is 0.0435. The summed E-state index contributed by atoms with van der Waals surface area (Å²) in [5.74, 6) is 0.289. The monoisotopic (exact) mass is 211 g/mol. The van der Waals surface area contributed by atoms with Crippen molar-refractivity contribution in [1.82, 2.24) is 10.5 Å². The Morgan fingerprint density at radius 1 is 1.67 bits per heavy atom. The predicted molar refractivity (Wildman–Crippen MR) is 56.4 cm³/mol. The molecule has 0 spiro atoms. The topological polar surface area (TPSA) is 81.2 Å². The molecule has 0 aromatic carbocycles. The fourth-order valence-corrected chi connectivity index (χ4v) is 1.00. The minimum atomic E-state index is -0.272. The smallest absolute Gasteiger partial charge is 0.289 e. The van der Waals surface area contributed by atoms with Gasteiger partial charge in [-0.3, -0.25) is 4.79 Å². The number of hydrogen-bond donors (Lipinski definition) is 2. The molecule has 1 heterocycles. The summed E-state index contributed by atoms with van der Waals surface area (Å²) in [6, 6.07) is 1.55. The number of nitrogens with two attached hydrogens (primary N) is 1. The van der Waals surface area contributed by atoms with E-state index in [4.69, 9.17) is 10.3 Å². The molecule has 1 unspecified atom stereocenters. The van der Waals surface area contributed by atoms with E-state index in [-0.39, 0.29) is 17.7 Å². The molecule has 3 N–H and O–H groups in total. The quantitative estimate of drug-likeness (QED) is 0.768. The molecule has 0 bridgehead atoms. The van der Waals surface area contributed by atoms with Crippen LogP contribution in [-0.4, -0.2) is 23.7 Å². The Balaban J connectivity index is 2.43. The van der Waals surface area contributed by atoms with Gasteiger partial charge in [0, 0.05) is 18.7 Å². The maximum atomic E-state index is 11.5. The average molecular weight is 211 g/mol. The van der Waals surface area contributed by atoms with Crippen LogP contribution in [0.1, 0.15) is 30.1 Å². The molecule has 5 heteroatoms. The van der Waals surface area contributed by atoms with Crippen molar-refractivity contribution >= 4 is 5.91 Å². The SMILES string of the molecule is Cc1cc(C(=O)NCC(N)C(C)C)on1. The maximum absolute atomic E-state index is 11.5. The Bertz CT molecular complexity index is 333. The van der Waals surface area contributed by atoms with Crippen molar-refractivity contribution in [1.29, 1.82) is 0 Å². The fraction of sp³-hybridized carbons (Fsp3) is 0.600. The van der Waals surface area contributed by atoms with Gasteiger partial charge in [0.15, 0.2) is 0 Å². The van der Waals surface area contributed by atoms with Gasteiger partial charge in [0.05, 0.1) is 5.69 Å². The molecular weight excluding hydrogens is 194 g/mol. The van der Waals surface area contributed by atoms with Crippen molar-refractivity contribution in [2.45, 2.75) is 26.8 Å². The summed E-state index contributed by atoms with van der Waals surface area (Å²) < 4.78 is 4.82. The van der Waals surface area contributed by atoms with Gasteiger partial charge in [-0.2, -0.15) is 0 Å². The first-order valence-electron chi connectivity index (χ1n) is 4.97. The number of amides is 1. The fourth-order valence-electron chi connectivity index (χ4n) is 1.00. The van der Waals surface area contributed by atoms with Crippen LogP contribution in [0.3, 0.4) is 0 Å². The number of aromatic nitrogens is 1. The molecule has 0 aliphatic carbocycles. The first-order valence-corrected chi connectivity index (χ1v) is 4.97. The summed E-state index contributed by atoms with van der Waals surface area (Å²) in [6.45, 7) is 6.22. The third-order valence-electron chi connectivity index (χ3n) is 2.21. The van der Waals surface area contributed by atoms with Crippen LogP contribution in [0.4, 0.5) is 0 Å². The van der Waals surface area contributed by atoms with Crippen molar-refractivity contribution in [3.8, 4) is 0 Å². The molecule has 0 radical (unpaired) electrons. The maximum Gasteiger partial charge on any atom is 0.289 e. The van der Waals surface area contributed by atoms with Crippen LogP contribution in [0.15, 0.2) is 10.6 Å². The number of nitrogens with one attached hydrogen (secondary N) is 1. The van der Waals surface area contributed by atoms with E-state index in [0.29, 0.717) is 18.2 Å². The molecule has 5 nitrogen and oxygen atoms in total. The molecule has 0 saturated carbocycles. The van der Waals surface area contributed by atoms with Crippen LogP contribution in [0.2, 0.25) is 0 Å². The van der Waals surface area contributed by atoms with E-state index in [1.807, 2.05) is 13.8 Å². The Morgan fingerprint density at radius 3 is 2.80 bits per heavy atom. The zero-order chi connectivity index (χ0) is 11.4. The van der Waals surface area contributed by atoms with E-state index in [0.717, 1.165) is 0 Å². The molecule has 1 aromatic rings. The highest BCUT2D eigenvalue weighted by Gasteiger charge is 2.13. The van der Waals surface area contributed by atoms with Crippen LogP contribution in [0, 0.1) is 12.8 Å². The lowest BCUT2D eigenvalue weighted by atomic mass is 10.1. The van der Waals surface area contributed by atoms with Gasteiger partial charge in [0.2, 0.25) is 5.76 Å². The number of nitrogens with zero attached hydrogens (tertiary/aromatic N) is 1. The Hall–Kier alpha value is -1.36. The summed E-state index contributed by atoms with van der Waals surface area (Å²) in [6.07, 6.45) is 0. The van der Waals surface area contributed by atoms with Gasteiger partial charge in [-0.1, -0.05) is 19.0 Å². The normalized spacial score (nSPS) is 12.9. The molecule has 0 fully saturated rings. The van der Waals surface area contributed by atoms with Gasteiger partial charge >= 0.3 is 0 Å².